The van der Waals surface area contributed by atoms with Crippen LogP contribution in [0.25, 0.3) is 0 Å². The molecule has 0 aliphatic carbocycles. The summed E-state index contributed by atoms with van der Waals surface area (Å²) in [6.07, 6.45) is 6.31. The lowest BCUT2D eigenvalue weighted by Crippen LogP contribution is -2.26. The second kappa shape index (κ2) is 6.49. The van der Waals surface area contributed by atoms with Gasteiger partial charge in [0.2, 0.25) is 5.88 Å². The molecular formula is C15H19N5O. The largest absolute Gasteiger partial charge is 0.481 e. The van der Waals surface area contributed by atoms with Gasteiger partial charge < -0.3 is 10.1 Å². The van der Waals surface area contributed by atoms with E-state index in [9.17, 15) is 0 Å². The van der Waals surface area contributed by atoms with Gasteiger partial charge in [-0.25, -0.2) is 9.97 Å². The highest BCUT2D eigenvalue weighted by Crippen LogP contribution is 2.18. The number of aromatic nitrogens is 3. The van der Waals surface area contributed by atoms with Gasteiger partial charge in [-0.2, -0.15) is 0 Å². The molecule has 21 heavy (non-hydrogen) atoms. The molecule has 1 aliphatic heterocycles. The Morgan fingerprint density at radius 2 is 2.19 bits per heavy atom. The number of pyridine rings is 1. The molecule has 2 aromatic rings. The van der Waals surface area contributed by atoms with E-state index >= 15 is 0 Å². The van der Waals surface area contributed by atoms with Crippen molar-refractivity contribution in [1.82, 2.24) is 19.9 Å². The minimum Gasteiger partial charge on any atom is -0.481 e. The highest BCUT2D eigenvalue weighted by atomic mass is 16.5. The molecule has 0 amide bonds. The lowest BCUT2D eigenvalue weighted by Gasteiger charge is -2.17. The number of rotatable bonds is 5. The molecule has 6 nitrogen and oxygen atoms in total. The third-order valence-electron chi connectivity index (χ3n) is 3.63. The van der Waals surface area contributed by atoms with Gasteiger partial charge in [-0.3, -0.25) is 9.88 Å². The van der Waals surface area contributed by atoms with Crippen LogP contribution in [0.4, 0.5) is 5.82 Å². The molecule has 1 unspecified atom stereocenters. The number of nitrogens with zero attached hydrogens (tertiary/aromatic N) is 4. The van der Waals surface area contributed by atoms with Crippen molar-refractivity contribution in [2.75, 3.05) is 25.5 Å². The Bertz CT molecular complexity index is 577. The van der Waals surface area contributed by atoms with E-state index in [4.69, 9.17) is 4.74 Å². The van der Waals surface area contributed by atoms with Crippen LogP contribution in [0.2, 0.25) is 0 Å². The molecule has 1 atom stereocenters. The van der Waals surface area contributed by atoms with Crippen molar-refractivity contribution in [3.8, 4) is 5.88 Å². The van der Waals surface area contributed by atoms with Crippen molar-refractivity contribution in [2.45, 2.75) is 19.0 Å². The summed E-state index contributed by atoms with van der Waals surface area (Å²) in [6, 6.07) is 6.36. The van der Waals surface area contributed by atoms with Gasteiger partial charge in [0, 0.05) is 44.1 Å². The fourth-order valence-electron chi connectivity index (χ4n) is 2.58. The lowest BCUT2D eigenvalue weighted by molar-refractivity contribution is 0.328. The van der Waals surface area contributed by atoms with Crippen molar-refractivity contribution in [3.63, 3.8) is 0 Å². The normalized spacial score (nSPS) is 18.6. The number of likely N-dealkylation sites (tertiary alicyclic amines) is 1. The van der Waals surface area contributed by atoms with Crippen molar-refractivity contribution < 1.29 is 4.74 Å². The third-order valence-corrected chi connectivity index (χ3v) is 3.63. The SMILES string of the molecule is COc1cc(NC2CCN(Cc3ccncc3)C2)ncn1. The fraction of sp³-hybridized carbons (Fsp3) is 0.400. The van der Waals surface area contributed by atoms with Crippen LogP contribution >= 0.6 is 0 Å². The molecule has 110 valence electrons. The third kappa shape index (κ3) is 3.66. The topological polar surface area (TPSA) is 63.2 Å². The Kier molecular flexibility index (Phi) is 4.25. The summed E-state index contributed by atoms with van der Waals surface area (Å²) in [7, 11) is 1.61. The first-order valence-electron chi connectivity index (χ1n) is 7.07. The van der Waals surface area contributed by atoms with Gasteiger partial charge in [0.05, 0.1) is 7.11 Å². The van der Waals surface area contributed by atoms with Gasteiger partial charge in [0.1, 0.15) is 12.1 Å². The van der Waals surface area contributed by atoms with Crippen LogP contribution in [0.15, 0.2) is 36.9 Å². The number of anilines is 1. The van der Waals surface area contributed by atoms with E-state index in [0.717, 1.165) is 31.9 Å². The Morgan fingerprint density at radius 3 is 3.00 bits per heavy atom. The molecule has 1 aliphatic rings. The van der Waals surface area contributed by atoms with Crippen LogP contribution < -0.4 is 10.1 Å². The summed E-state index contributed by atoms with van der Waals surface area (Å²) in [4.78, 5) is 14.7. The maximum absolute atomic E-state index is 5.11. The molecular weight excluding hydrogens is 266 g/mol. The van der Waals surface area contributed by atoms with Gasteiger partial charge >= 0.3 is 0 Å². The van der Waals surface area contributed by atoms with Gasteiger partial charge in [0.25, 0.3) is 0 Å². The van der Waals surface area contributed by atoms with Crippen molar-refractivity contribution in [2.24, 2.45) is 0 Å². The highest BCUT2D eigenvalue weighted by molar-refractivity contribution is 5.38. The van der Waals surface area contributed by atoms with Crippen LogP contribution in [0.5, 0.6) is 5.88 Å². The molecule has 0 aromatic carbocycles. The maximum atomic E-state index is 5.11. The number of nitrogens with one attached hydrogen (secondary N) is 1. The zero-order valence-electron chi connectivity index (χ0n) is 12.1. The fourth-order valence-corrected chi connectivity index (χ4v) is 2.58. The first kappa shape index (κ1) is 13.8. The standard InChI is InChI=1S/C15H19N5O/c1-21-15-8-14(17-11-18-15)19-13-4-7-20(10-13)9-12-2-5-16-6-3-12/h2-3,5-6,8,11,13H,4,7,9-10H2,1H3,(H,17,18,19). The van der Waals surface area contributed by atoms with Crippen LogP contribution in [0, 0.1) is 0 Å². The molecule has 1 fully saturated rings. The quantitative estimate of drug-likeness (QED) is 0.899. The van der Waals surface area contributed by atoms with Crippen LogP contribution in [-0.4, -0.2) is 46.1 Å². The average molecular weight is 285 g/mol. The summed E-state index contributed by atoms with van der Waals surface area (Å²) in [6.45, 7) is 3.06. The number of ether oxygens (including phenoxy) is 1. The van der Waals surface area contributed by atoms with Crippen molar-refractivity contribution in [1.29, 1.82) is 0 Å². The summed E-state index contributed by atoms with van der Waals surface area (Å²) >= 11 is 0. The van der Waals surface area contributed by atoms with E-state index in [2.05, 4.69) is 37.3 Å². The zero-order chi connectivity index (χ0) is 14.5. The molecule has 2 aromatic heterocycles. The van der Waals surface area contributed by atoms with Gasteiger partial charge in [-0.1, -0.05) is 0 Å². The Morgan fingerprint density at radius 1 is 1.33 bits per heavy atom. The zero-order valence-corrected chi connectivity index (χ0v) is 12.1. The molecule has 6 heteroatoms. The van der Waals surface area contributed by atoms with E-state index in [1.54, 1.807) is 7.11 Å². The first-order chi connectivity index (χ1) is 10.3. The maximum Gasteiger partial charge on any atom is 0.218 e. The van der Waals surface area contributed by atoms with E-state index < -0.39 is 0 Å². The van der Waals surface area contributed by atoms with Gasteiger partial charge in [-0.15, -0.1) is 0 Å². The van der Waals surface area contributed by atoms with Crippen LogP contribution in [-0.2, 0) is 6.54 Å². The first-order valence-corrected chi connectivity index (χ1v) is 7.07. The molecule has 0 spiro atoms. The van der Waals surface area contributed by atoms with Crippen molar-refractivity contribution in [3.05, 3.63) is 42.5 Å². The number of hydrogen-bond donors (Lipinski definition) is 1. The molecule has 0 bridgehead atoms. The second-order valence-corrected chi connectivity index (χ2v) is 5.17. The molecule has 0 radical (unpaired) electrons. The average Bonchev–Trinajstić information content (AvgIpc) is 2.95. The van der Waals surface area contributed by atoms with E-state index in [1.165, 1.54) is 11.9 Å². The number of hydrogen-bond acceptors (Lipinski definition) is 6. The predicted molar refractivity (Wildman–Crippen MR) is 80.1 cm³/mol. The Labute approximate surface area is 124 Å². The Hall–Kier alpha value is -2.21. The number of methoxy groups -OCH3 is 1. The molecule has 3 heterocycles. The second-order valence-electron chi connectivity index (χ2n) is 5.17. The molecule has 1 N–H and O–H groups in total. The minimum atomic E-state index is 0.409. The highest BCUT2D eigenvalue weighted by Gasteiger charge is 2.22. The predicted octanol–water partition coefficient (Wildman–Crippen LogP) is 1.57. The van der Waals surface area contributed by atoms with Crippen LogP contribution in [0.1, 0.15) is 12.0 Å². The summed E-state index contributed by atoms with van der Waals surface area (Å²) in [5.41, 5.74) is 1.30. The summed E-state index contributed by atoms with van der Waals surface area (Å²) in [5, 5.41) is 3.45. The monoisotopic (exact) mass is 285 g/mol. The summed E-state index contributed by atoms with van der Waals surface area (Å²) in [5.74, 6) is 1.40. The van der Waals surface area contributed by atoms with E-state index in [1.807, 2.05) is 18.5 Å². The van der Waals surface area contributed by atoms with E-state index in [-0.39, 0.29) is 0 Å². The Balaban J connectivity index is 1.54. The van der Waals surface area contributed by atoms with Gasteiger partial charge in [0.15, 0.2) is 0 Å². The lowest BCUT2D eigenvalue weighted by atomic mass is 10.2. The molecule has 3 rings (SSSR count). The smallest absolute Gasteiger partial charge is 0.218 e. The summed E-state index contributed by atoms with van der Waals surface area (Å²) < 4.78 is 5.11. The van der Waals surface area contributed by atoms with Crippen LogP contribution in [0.3, 0.4) is 0 Å². The van der Waals surface area contributed by atoms with Gasteiger partial charge in [-0.05, 0) is 24.1 Å². The molecule has 0 saturated carbocycles. The van der Waals surface area contributed by atoms with Crippen molar-refractivity contribution >= 4 is 5.82 Å². The minimum absolute atomic E-state index is 0.409. The molecule has 1 saturated heterocycles. The van der Waals surface area contributed by atoms with E-state index in [0.29, 0.717) is 11.9 Å².